The molecule has 4 heteroatoms. The second-order valence-corrected chi connectivity index (χ2v) is 5.90. The minimum atomic E-state index is -0.312. The summed E-state index contributed by atoms with van der Waals surface area (Å²) in [6.07, 6.45) is 1.74. The second kappa shape index (κ2) is 8.35. The van der Waals surface area contributed by atoms with E-state index in [2.05, 4.69) is 12.2 Å². The van der Waals surface area contributed by atoms with Gasteiger partial charge in [0, 0.05) is 25.1 Å². The Morgan fingerprint density at radius 3 is 2.67 bits per heavy atom. The van der Waals surface area contributed by atoms with Gasteiger partial charge in [-0.3, -0.25) is 0 Å². The topological polar surface area (TPSA) is 30.5 Å². The van der Waals surface area contributed by atoms with E-state index in [9.17, 15) is 4.39 Å². The number of ether oxygens (including phenoxy) is 2. The summed E-state index contributed by atoms with van der Waals surface area (Å²) in [5.74, 6) is 0.0355. The first-order chi connectivity index (χ1) is 9.91. The van der Waals surface area contributed by atoms with E-state index in [0.29, 0.717) is 18.8 Å². The van der Waals surface area contributed by atoms with Crippen molar-refractivity contribution in [1.29, 1.82) is 0 Å². The monoisotopic (exact) mass is 297 g/mol. The van der Waals surface area contributed by atoms with E-state index in [1.54, 1.807) is 13.2 Å². The van der Waals surface area contributed by atoms with Gasteiger partial charge in [-0.2, -0.15) is 0 Å². The Morgan fingerprint density at radius 2 is 2.05 bits per heavy atom. The third kappa shape index (κ3) is 5.64. The standard InChI is InChI=1S/C17H28FNO2/c1-6-11-19-13(2)14-8-7-9-15(18)16(14)21-12-10-17(3,4)20-5/h7-9,13,19H,6,10-12H2,1-5H3. The summed E-state index contributed by atoms with van der Waals surface area (Å²) in [5.41, 5.74) is 0.594. The average Bonchev–Trinajstić information content (AvgIpc) is 2.46. The zero-order valence-corrected chi connectivity index (χ0v) is 13.8. The molecule has 0 heterocycles. The highest BCUT2D eigenvalue weighted by atomic mass is 19.1. The van der Waals surface area contributed by atoms with Crippen LogP contribution in [-0.2, 0) is 4.74 Å². The molecule has 120 valence electrons. The van der Waals surface area contributed by atoms with Gasteiger partial charge in [-0.1, -0.05) is 19.1 Å². The first kappa shape index (κ1) is 17.9. The molecule has 1 atom stereocenters. The Morgan fingerprint density at radius 1 is 1.33 bits per heavy atom. The molecule has 0 saturated heterocycles. The fourth-order valence-corrected chi connectivity index (χ4v) is 1.99. The zero-order chi connectivity index (χ0) is 15.9. The van der Waals surface area contributed by atoms with Crippen molar-refractivity contribution in [2.45, 2.75) is 52.2 Å². The molecule has 0 aromatic heterocycles. The van der Waals surface area contributed by atoms with Crippen molar-refractivity contribution in [3.63, 3.8) is 0 Å². The molecule has 1 aromatic rings. The molecule has 0 fully saturated rings. The maximum Gasteiger partial charge on any atom is 0.165 e. The highest BCUT2D eigenvalue weighted by Crippen LogP contribution is 2.28. The number of para-hydroxylation sites is 1. The molecule has 0 aliphatic rings. The third-order valence-electron chi connectivity index (χ3n) is 3.67. The molecule has 0 bridgehead atoms. The van der Waals surface area contributed by atoms with Crippen molar-refractivity contribution in [2.24, 2.45) is 0 Å². The van der Waals surface area contributed by atoms with Crippen LogP contribution < -0.4 is 10.1 Å². The van der Waals surface area contributed by atoms with Gasteiger partial charge < -0.3 is 14.8 Å². The second-order valence-electron chi connectivity index (χ2n) is 5.90. The summed E-state index contributed by atoms with van der Waals surface area (Å²) >= 11 is 0. The molecule has 21 heavy (non-hydrogen) atoms. The molecule has 3 nitrogen and oxygen atoms in total. The molecule has 1 rings (SSSR count). The first-order valence-electron chi connectivity index (χ1n) is 7.61. The number of hydrogen-bond acceptors (Lipinski definition) is 3. The smallest absolute Gasteiger partial charge is 0.165 e. The number of methoxy groups -OCH3 is 1. The first-order valence-corrected chi connectivity index (χ1v) is 7.61. The molecule has 0 aliphatic carbocycles. The van der Waals surface area contributed by atoms with Gasteiger partial charge in [0.15, 0.2) is 11.6 Å². The summed E-state index contributed by atoms with van der Waals surface area (Å²) in [5, 5.41) is 3.36. The molecule has 0 radical (unpaired) electrons. The minimum absolute atomic E-state index is 0.0612. The van der Waals surface area contributed by atoms with Crippen LogP contribution in [0.3, 0.4) is 0 Å². The molecular weight excluding hydrogens is 269 g/mol. The molecule has 0 aliphatic heterocycles. The quantitative estimate of drug-likeness (QED) is 0.745. The van der Waals surface area contributed by atoms with Gasteiger partial charge in [0.2, 0.25) is 0 Å². The van der Waals surface area contributed by atoms with Gasteiger partial charge in [0.25, 0.3) is 0 Å². The SMILES string of the molecule is CCCNC(C)c1cccc(F)c1OCCC(C)(C)OC. The van der Waals surface area contributed by atoms with Crippen molar-refractivity contribution in [1.82, 2.24) is 5.32 Å². The van der Waals surface area contributed by atoms with Crippen molar-refractivity contribution in [3.05, 3.63) is 29.6 Å². The van der Waals surface area contributed by atoms with Crippen LogP contribution in [0, 0.1) is 5.82 Å². The van der Waals surface area contributed by atoms with Crippen molar-refractivity contribution >= 4 is 0 Å². The van der Waals surface area contributed by atoms with Gasteiger partial charge >= 0.3 is 0 Å². The highest BCUT2D eigenvalue weighted by molar-refractivity contribution is 5.37. The maximum absolute atomic E-state index is 14.1. The molecule has 1 N–H and O–H groups in total. The summed E-state index contributed by atoms with van der Waals surface area (Å²) in [6.45, 7) is 9.43. The lowest BCUT2D eigenvalue weighted by atomic mass is 10.1. The van der Waals surface area contributed by atoms with E-state index in [1.165, 1.54) is 6.07 Å². The normalized spacial score (nSPS) is 13.2. The summed E-state index contributed by atoms with van der Waals surface area (Å²) in [4.78, 5) is 0. The Kier molecular flexibility index (Phi) is 7.12. The van der Waals surface area contributed by atoms with Gasteiger partial charge in [-0.15, -0.1) is 0 Å². The van der Waals surface area contributed by atoms with E-state index < -0.39 is 0 Å². The van der Waals surface area contributed by atoms with Gasteiger partial charge in [0.05, 0.1) is 12.2 Å². The van der Waals surface area contributed by atoms with Crippen LogP contribution in [-0.4, -0.2) is 25.9 Å². The fraction of sp³-hybridized carbons (Fsp3) is 0.647. The van der Waals surface area contributed by atoms with Crippen molar-refractivity contribution in [3.8, 4) is 5.75 Å². The fourth-order valence-electron chi connectivity index (χ4n) is 1.99. The third-order valence-corrected chi connectivity index (χ3v) is 3.67. The lowest BCUT2D eigenvalue weighted by molar-refractivity contribution is 0.00502. The van der Waals surface area contributed by atoms with Crippen molar-refractivity contribution < 1.29 is 13.9 Å². The number of benzene rings is 1. The summed E-state index contributed by atoms with van der Waals surface area (Å²) in [7, 11) is 1.67. The van der Waals surface area contributed by atoms with Crippen LogP contribution in [0.15, 0.2) is 18.2 Å². The average molecular weight is 297 g/mol. The highest BCUT2D eigenvalue weighted by Gasteiger charge is 2.19. The summed E-state index contributed by atoms with van der Waals surface area (Å²) < 4.78 is 25.1. The van der Waals surface area contributed by atoms with E-state index in [0.717, 1.165) is 18.5 Å². The Balaban J connectivity index is 2.76. The molecule has 1 unspecified atom stereocenters. The van der Waals surface area contributed by atoms with Crippen LogP contribution in [0.5, 0.6) is 5.75 Å². The minimum Gasteiger partial charge on any atom is -0.490 e. The van der Waals surface area contributed by atoms with Crippen LogP contribution in [0.4, 0.5) is 4.39 Å². The number of hydrogen-bond donors (Lipinski definition) is 1. The molecule has 0 saturated carbocycles. The van der Waals surface area contributed by atoms with Crippen LogP contribution in [0.25, 0.3) is 0 Å². The van der Waals surface area contributed by atoms with Gasteiger partial charge in [-0.25, -0.2) is 4.39 Å². The van der Waals surface area contributed by atoms with E-state index in [-0.39, 0.29) is 17.5 Å². The van der Waals surface area contributed by atoms with Crippen LogP contribution >= 0.6 is 0 Å². The number of halogens is 1. The maximum atomic E-state index is 14.1. The van der Waals surface area contributed by atoms with Gasteiger partial charge in [-0.05, 0) is 39.8 Å². The van der Waals surface area contributed by atoms with Crippen LogP contribution in [0.1, 0.15) is 52.1 Å². The lowest BCUT2D eigenvalue weighted by Crippen LogP contribution is -2.26. The molecule has 0 spiro atoms. The molecule has 1 aromatic carbocycles. The van der Waals surface area contributed by atoms with Crippen LogP contribution in [0.2, 0.25) is 0 Å². The molecular formula is C17H28FNO2. The Bertz CT molecular complexity index is 435. The van der Waals surface area contributed by atoms with E-state index in [1.807, 2.05) is 26.8 Å². The van der Waals surface area contributed by atoms with Gasteiger partial charge in [0.1, 0.15) is 0 Å². The summed E-state index contributed by atoms with van der Waals surface area (Å²) in [6, 6.07) is 5.13. The predicted molar refractivity (Wildman–Crippen MR) is 84.3 cm³/mol. The lowest BCUT2D eigenvalue weighted by Gasteiger charge is -2.24. The number of rotatable bonds is 9. The number of nitrogens with one attached hydrogen (secondary N) is 1. The van der Waals surface area contributed by atoms with Crippen molar-refractivity contribution in [2.75, 3.05) is 20.3 Å². The Hall–Kier alpha value is -1.13. The zero-order valence-electron chi connectivity index (χ0n) is 13.8. The van der Waals surface area contributed by atoms with E-state index in [4.69, 9.17) is 9.47 Å². The largest absolute Gasteiger partial charge is 0.490 e. The Labute approximate surface area is 127 Å². The molecule has 0 amide bonds. The predicted octanol–water partition coefficient (Wildman–Crippen LogP) is 4.08. The van der Waals surface area contributed by atoms with E-state index >= 15 is 0 Å².